The van der Waals surface area contributed by atoms with Gasteiger partial charge in [-0.3, -0.25) is 19.4 Å². The standard InChI is InChI=1S/C33H31F2N3O7.Li.H/c1-43-28-18-23-25(19-29(28)44-16-4-2-3-5-30(39)40)36-15-12-26(23)45-27-11-10-22(17-24(27)35)38-32(42)33(13-14-33)31(41)37-21-8-6-20(34)7-9-21;;/h6-12,15,17-19H,2-5,13-14,16H2,1H3,(H,37,41)(H,38,42)(H,39,40);;. The molecule has 0 saturated heterocycles. The third kappa shape index (κ3) is 8.13. The summed E-state index contributed by atoms with van der Waals surface area (Å²) in [5.74, 6) is -2.02. The molecular weight excluding hydrogens is 595 g/mol. The zero-order chi connectivity index (χ0) is 32.0. The van der Waals surface area contributed by atoms with Crippen LogP contribution in [-0.4, -0.2) is 60.5 Å². The number of methoxy groups -OCH3 is 1. The van der Waals surface area contributed by atoms with Crippen LogP contribution in [0, 0.1) is 17.0 Å². The summed E-state index contributed by atoms with van der Waals surface area (Å²) in [6.07, 6.45) is 4.23. The fourth-order valence-corrected chi connectivity index (χ4v) is 4.72. The number of carboxylic acid groups (broad SMARTS) is 1. The van der Waals surface area contributed by atoms with E-state index in [2.05, 4.69) is 15.6 Å². The molecule has 3 aromatic carbocycles. The number of ether oxygens (including phenoxy) is 3. The number of hydrogen-bond acceptors (Lipinski definition) is 7. The first-order valence-corrected chi connectivity index (χ1v) is 14.4. The van der Waals surface area contributed by atoms with Gasteiger partial charge in [-0.15, -0.1) is 0 Å². The number of anilines is 2. The minimum atomic E-state index is -1.29. The number of carbonyl (C=O) groups excluding carboxylic acids is 2. The van der Waals surface area contributed by atoms with Crippen molar-refractivity contribution in [3.8, 4) is 23.0 Å². The first kappa shape index (κ1) is 34.2. The summed E-state index contributed by atoms with van der Waals surface area (Å²) in [7, 11) is 1.49. The number of fused-ring (bicyclic) bond motifs is 1. The quantitative estimate of drug-likeness (QED) is 0.0874. The number of hydrogen-bond donors (Lipinski definition) is 3. The molecule has 3 N–H and O–H groups in total. The van der Waals surface area contributed by atoms with Gasteiger partial charge in [0.05, 0.1) is 19.2 Å². The van der Waals surface area contributed by atoms with Crippen molar-refractivity contribution < 1.29 is 42.5 Å². The number of unbranched alkanes of at least 4 members (excludes halogenated alkanes) is 2. The van der Waals surface area contributed by atoms with Gasteiger partial charge in [-0.1, -0.05) is 0 Å². The molecule has 10 nitrogen and oxygen atoms in total. The van der Waals surface area contributed by atoms with Crippen molar-refractivity contribution in [1.29, 1.82) is 0 Å². The SMILES string of the molecule is COc1cc2c(Oc3ccc(NC(=O)C4(C(=O)Nc5ccc(F)cc5)CC4)cc3F)ccnc2cc1OCCCCCC(=O)O.[LiH]. The second-order valence-corrected chi connectivity index (χ2v) is 10.6. The van der Waals surface area contributed by atoms with Crippen molar-refractivity contribution in [2.75, 3.05) is 24.4 Å². The van der Waals surface area contributed by atoms with Crippen LogP contribution in [0.3, 0.4) is 0 Å². The van der Waals surface area contributed by atoms with Crippen molar-refractivity contribution in [3.05, 3.63) is 78.5 Å². The molecule has 1 saturated carbocycles. The second kappa shape index (κ2) is 15.1. The number of nitrogens with zero attached hydrogens (tertiary/aromatic N) is 1. The van der Waals surface area contributed by atoms with Gasteiger partial charge in [0.15, 0.2) is 23.1 Å². The zero-order valence-corrected chi connectivity index (χ0v) is 24.4. The molecule has 1 aliphatic carbocycles. The van der Waals surface area contributed by atoms with E-state index < -0.39 is 34.8 Å². The predicted molar refractivity (Wildman–Crippen MR) is 169 cm³/mol. The summed E-state index contributed by atoms with van der Waals surface area (Å²) in [4.78, 5) is 40.9. The van der Waals surface area contributed by atoms with Gasteiger partial charge < -0.3 is 30.0 Å². The molecule has 1 aliphatic rings. The Labute approximate surface area is 275 Å². The van der Waals surface area contributed by atoms with Gasteiger partial charge in [0.25, 0.3) is 0 Å². The molecule has 1 heterocycles. The molecule has 0 spiro atoms. The molecule has 1 fully saturated rings. The van der Waals surface area contributed by atoms with Gasteiger partial charge in [-0.05, 0) is 80.6 Å². The van der Waals surface area contributed by atoms with Crippen LogP contribution in [0.5, 0.6) is 23.0 Å². The van der Waals surface area contributed by atoms with Crippen LogP contribution in [-0.2, 0) is 14.4 Å². The van der Waals surface area contributed by atoms with E-state index in [0.29, 0.717) is 72.5 Å². The minimum absolute atomic E-state index is 0. The molecule has 4 aromatic rings. The number of amides is 2. The van der Waals surface area contributed by atoms with Crippen LogP contribution in [0.15, 0.2) is 66.9 Å². The Hall–Kier alpha value is -4.66. The molecule has 2 amide bonds. The van der Waals surface area contributed by atoms with Crippen LogP contribution in [0.4, 0.5) is 20.2 Å². The molecular formula is C33H32F2LiN3O7. The zero-order valence-electron chi connectivity index (χ0n) is 24.4. The van der Waals surface area contributed by atoms with Crippen molar-refractivity contribution in [2.45, 2.75) is 38.5 Å². The fraction of sp³-hybridized carbons (Fsp3) is 0.273. The van der Waals surface area contributed by atoms with Gasteiger partial charge >= 0.3 is 24.8 Å². The van der Waals surface area contributed by atoms with Crippen molar-refractivity contribution >= 4 is 58.9 Å². The van der Waals surface area contributed by atoms with Crippen LogP contribution in [0.1, 0.15) is 38.5 Å². The molecule has 0 unspecified atom stereocenters. The second-order valence-electron chi connectivity index (χ2n) is 10.6. The maximum atomic E-state index is 15.2. The van der Waals surface area contributed by atoms with Crippen LogP contribution in [0.2, 0.25) is 0 Å². The third-order valence-electron chi connectivity index (χ3n) is 7.41. The van der Waals surface area contributed by atoms with Crippen molar-refractivity contribution in [3.63, 3.8) is 0 Å². The van der Waals surface area contributed by atoms with E-state index in [1.54, 1.807) is 18.2 Å². The Morgan fingerprint density at radius 3 is 2.20 bits per heavy atom. The summed E-state index contributed by atoms with van der Waals surface area (Å²) in [6.45, 7) is 0.367. The molecule has 0 radical (unpaired) electrons. The van der Waals surface area contributed by atoms with E-state index >= 15 is 4.39 Å². The monoisotopic (exact) mass is 627 g/mol. The third-order valence-corrected chi connectivity index (χ3v) is 7.41. The van der Waals surface area contributed by atoms with Crippen molar-refractivity contribution in [2.24, 2.45) is 5.41 Å². The van der Waals surface area contributed by atoms with Crippen molar-refractivity contribution in [1.82, 2.24) is 4.98 Å². The molecule has 46 heavy (non-hydrogen) atoms. The van der Waals surface area contributed by atoms with Gasteiger partial charge in [-0.25, -0.2) is 8.78 Å². The topological polar surface area (TPSA) is 136 Å². The molecule has 13 heteroatoms. The normalized spacial score (nSPS) is 12.8. The number of carbonyl (C=O) groups is 3. The summed E-state index contributed by atoms with van der Waals surface area (Å²) in [6, 6.07) is 14.1. The molecule has 1 aromatic heterocycles. The number of halogens is 2. The fourth-order valence-electron chi connectivity index (χ4n) is 4.72. The van der Waals surface area contributed by atoms with E-state index in [1.165, 1.54) is 49.7 Å². The Morgan fingerprint density at radius 2 is 1.54 bits per heavy atom. The Bertz CT molecular complexity index is 1730. The van der Waals surface area contributed by atoms with E-state index in [1.807, 2.05) is 0 Å². The Morgan fingerprint density at radius 1 is 0.848 bits per heavy atom. The Kier molecular flexibility index (Phi) is 11.2. The maximum absolute atomic E-state index is 15.2. The number of aliphatic carboxylic acids is 1. The molecule has 0 bridgehead atoms. The average molecular weight is 628 g/mol. The number of rotatable bonds is 14. The van der Waals surface area contributed by atoms with Gasteiger partial charge in [0, 0.05) is 41.5 Å². The van der Waals surface area contributed by atoms with Crippen LogP contribution in [0.25, 0.3) is 10.9 Å². The van der Waals surface area contributed by atoms with E-state index in [-0.39, 0.29) is 36.7 Å². The van der Waals surface area contributed by atoms with Crippen LogP contribution >= 0.6 is 0 Å². The first-order chi connectivity index (χ1) is 21.7. The van der Waals surface area contributed by atoms with E-state index in [9.17, 15) is 18.8 Å². The molecule has 236 valence electrons. The number of pyridine rings is 1. The Balaban J connectivity index is 0.00000480. The van der Waals surface area contributed by atoms with Crippen LogP contribution < -0.4 is 24.8 Å². The van der Waals surface area contributed by atoms with E-state index in [4.69, 9.17) is 19.3 Å². The number of aromatic nitrogens is 1. The predicted octanol–water partition coefficient (Wildman–Crippen LogP) is 6.05. The van der Waals surface area contributed by atoms with Gasteiger partial charge in [-0.2, -0.15) is 0 Å². The molecule has 0 aliphatic heterocycles. The number of benzene rings is 3. The van der Waals surface area contributed by atoms with E-state index in [0.717, 1.165) is 6.07 Å². The summed E-state index contributed by atoms with van der Waals surface area (Å²) >= 11 is 0. The summed E-state index contributed by atoms with van der Waals surface area (Å²) in [5, 5.41) is 14.6. The first-order valence-electron chi connectivity index (χ1n) is 14.4. The molecule has 5 rings (SSSR count). The number of nitrogens with one attached hydrogen (secondary N) is 2. The average Bonchev–Trinajstić information content (AvgIpc) is 3.83. The van der Waals surface area contributed by atoms with Gasteiger partial charge in [0.1, 0.15) is 17.0 Å². The number of carboxylic acids is 1. The summed E-state index contributed by atoms with van der Waals surface area (Å²) in [5.41, 5.74) is -0.260. The van der Waals surface area contributed by atoms with Gasteiger partial charge in [0.2, 0.25) is 11.8 Å². The summed E-state index contributed by atoms with van der Waals surface area (Å²) < 4.78 is 45.6. The molecule has 0 atom stereocenters.